The van der Waals surface area contributed by atoms with Crippen molar-refractivity contribution >= 4 is 33.5 Å². The van der Waals surface area contributed by atoms with Gasteiger partial charge in [-0.1, -0.05) is 24.3 Å². The van der Waals surface area contributed by atoms with Crippen LogP contribution in [-0.4, -0.2) is 23.5 Å². The molecule has 1 unspecified atom stereocenters. The first-order valence-corrected chi connectivity index (χ1v) is 8.53. The van der Waals surface area contributed by atoms with Gasteiger partial charge < -0.3 is 4.42 Å². The Labute approximate surface area is 142 Å². The third-order valence-corrected chi connectivity index (χ3v) is 5.31. The van der Waals surface area contributed by atoms with Crippen LogP contribution in [0.1, 0.15) is 26.3 Å². The van der Waals surface area contributed by atoms with Crippen molar-refractivity contribution in [2.24, 2.45) is 0 Å². The van der Waals surface area contributed by atoms with E-state index in [1.807, 2.05) is 12.1 Å². The summed E-state index contributed by atoms with van der Waals surface area (Å²) in [6.45, 7) is 8.82. The van der Waals surface area contributed by atoms with Crippen LogP contribution < -0.4 is 4.48 Å². The summed E-state index contributed by atoms with van der Waals surface area (Å²) in [6, 6.07) is 13.1. The molecule has 122 valence electrons. The molecular formula is C21H24N2O+2. The number of fused-ring (bicyclic) bond motifs is 3. The van der Waals surface area contributed by atoms with Gasteiger partial charge in [0.2, 0.25) is 6.20 Å². The van der Waals surface area contributed by atoms with Crippen LogP contribution in [0.5, 0.6) is 0 Å². The highest BCUT2D eigenvalue weighted by Crippen LogP contribution is 2.41. The SMILES string of the molecule is CC1=[N+](C(C)C)C=C[N+]1(C)c1c(C)ccc2c1oc1ccccc12. The van der Waals surface area contributed by atoms with Crippen molar-refractivity contribution in [3.05, 3.63) is 54.4 Å². The lowest BCUT2D eigenvalue weighted by molar-refractivity contribution is -0.490. The molecule has 3 heteroatoms. The first kappa shape index (κ1) is 15.2. The summed E-state index contributed by atoms with van der Waals surface area (Å²) in [6.07, 6.45) is 4.45. The maximum absolute atomic E-state index is 6.30. The number of rotatable bonds is 2. The number of furan rings is 1. The number of hydrogen-bond acceptors (Lipinski definition) is 1. The van der Waals surface area contributed by atoms with Gasteiger partial charge in [0.15, 0.2) is 23.5 Å². The van der Waals surface area contributed by atoms with E-state index in [9.17, 15) is 0 Å². The molecule has 0 bridgehead atoms. The van der Waals surface area contributed by atoms with E-state index in [1.165, 1.54) is 27.9 Å². The van der Waals surface area contributed by atoms with Gasteiger partial charge in [-0.05, 0) is 32.9 Å². The van der Waals surface area contributed by atoms with Crippen LogP contribution in [-0.2, 0) is 0 Å². The van der Waals surface area contributed by atoms with Crippen molar-refractivity contribution in [3.63, 3.8) is 0 Å². The highest BCUT2D eigenvalue weighted by Gasteiger charge is 2.43. The number of nitrogens with zero attached hydrogens (tertiary/aromatic N) is 2. The van der Waals surface area contributed by atoms with Gasteiger partial charge in [-0.3, -0.25) is 0 Å². The van der Waals surface area contributed by atoms with Crippen molar-refractivity contribution in [2.45, 2.75) is 33.7 Å². The first-order chi connectivity index (χ1) is 11.4. The largest absolute Gasteiger partial charge is 0.450 e. The van der Waals surface area contributed by atoms with Crippen molar-refractivity contribution in [2.75, 3.05) is 7.05 Å². The molecule has 24 heavy (non-hydrogen) atoms. The Balaban J connectivity index is 2.07. The third-order valence-electron chi connectivity index (χ3n) is 5.31. The molecule has 0 aliphatic carbocycles. The summed E-state index contributed by atoms with van der Waals surface area (Å²) in [5.41, 5.74) is 4.42. The summed E-state index contributed by atoms with van der Waals surface area (Å²) in [4.78, 5) is 0. The molecule has 0 amide bonds. The molecule has 0 N–H and O–H groups in total. The quantitative estimate of drug-likeness (QED) is 0.471. The van der Waals surface area contributed by atoms with Gasteiger partial charge in [-0.25, -0.2) is 0 Å². The second-order valence-corrected chi connectivity index (χ2v) is 7.13. The number of quaternary nitrogens is 1. The van der Waals surface area contributed by atoms with E-state index in [1.54, 1.807) is 0 Å². The zero-order chi connectivity index (χ0) is 17.1. The second-order valence-electron chi connectivity index (χ2n) is 7.13. The van der Waals surface area contributed by atoms with Gasteiger partial charge >= 0.3 is 5.84 Å². The lowest BCUT2D eigenvalue weighted by atomic mass is 10.1. The van der Waals surface area contributed by atoms with Crippen molar-refractivity contribution in [1.29, 1.82) is 0 Å². The van der Waals surface area contributed by atoms with E-state index < -0.39 is 0 Å². The van der Waals surface area contributed by atoms with Gasteiger partial charge in [-0.15, -0.1) is 4.58 Å². The van der Waals surface area contributed by atoms with E-state index in [0.29, 0.717) is 10.5 Å². The number of aryl methyl sites for hydroxylation is 1. The molecule has 0 fully saturated rings. The first-order valence-electron chi connectivity index (χ1n) is 8.53. The van der Waals surface area contributed by atoms with E-state index in [0.717, 1.165) is 11.2 Å². The Kier molecular flexibility index (Phi) is 3.19. The number of hydrogen-bond donors (Lipinski definition) is 0. The molecule has 2 aromatic carbocycles. The van der Waals surface area contributed by atoms with Crippen LogP contribution >= 0.6 is 0 Å². The summed E-state index contributed by atoms with van der Waals surface area (Å²) >= 11 is 0. The summed E-state index contributed by atoms with van der Waals surface area (Å²) in [5, 5.41) is 2.37. The normalized spacial score (nSPS) is 20.9. The molecule has 0 saturated heterocycles. The molecule has 0 spiro atoms. The molecule has 0 radical (unpaired) electrons. The van der Waals surface area contributed by atoms with Crippen LogP contribution in [0.25, 0.3) is 21.9 Å². The van der Waals surface area contributed by atoms with Crippen molar-refractivity contribution < 1.29 is 8.99 Å². The Morgan fingerprint density at radius 2 is 1.75 bits per heavy atom. The summed E-state index contributed by atoms with van der Waals surface area (Å²) in [7, 11) is 2.24. The zero-order valence-corrected chi connectivity index (χ0v) is 15.0. The fourth-order valence-electron chi connectivity index (χ4n) is 3.89. The fourth-order valence-corrected chi connectivity index (χ4v) is 3.89. The summed E-state index contributed by atoms with van der Waals surface area (Å²) < 4.78 is 9.29. The smallest absolute Gasteiger partial charge is 0.350 e. The Bertz CT molecular complexity index is 1020. The molecular weight excluding hydrogens is 296 g/mol. The lowest BCUT2D eigenvalue weighted by Gasteiger charge is -2.24. The number of benzene rings is 2. The van der Waals surface area contributed by atoms with Crippen molar-refractivity contribution in [1.82, 2.24) is 4.48 Å². The Morgan fingerprint density at radius 3 is 2.46 bits per heavy atom. The molecule has 0 saturated carbocycles. The predicted octanol–water partition coefficient (Wildman–Crippen LogP) is 5.16. The number of amidine groups is 1. The van der Waals surface area contributed by atoms with E-state index in [-0.39, 0.29) is 0 Å². The highest BCUT2D eigenvalue weighted by atomic mass is 16.3. The van der Waals surface area contributed by atoms with Crippen LogP contribution in [0.4, 0.5) is 5.69 Å². The minimum atomic E-state index is 0.441. The van der Waals surface area contributed by atoms with E-state index >= 15 is 0 Å². The number of para-hydroxylation sites is 1. The van der Waals surface area contributed by atoms with E-state index in [2.05, 4.69) is 76.0 Å². The molecule has 4 rings (SSSR count). The van der Waals surface area contributed by atoms with Crippen LogP contribution in [0.15, 0.2) is 53.2 Å². The maximum atomic E-state index is 6.30. The monoisotopic (exact) mass is 320 g/mol. The zero-order valence-electron chi connectivity index (χ0n) is 15.0. The minimum absolute atomic E-state index is 0.441. The standard InChI is InChI=1S/C21H24N2O/c1-14(2)22-12-13-23(5,16(22)4)20-15(3)10-11-18-17-8-6-7-9-19(17)24-21(18)20/h6-14H,1-5H3/q+2. The molecule has 1 atom stereocenters. The molecule has 2 heterocycles. The van der Waals surface area contributed by atoms with Crippen LogP contribution in [0.3, 0.4) is 0 Å². The average molecular weight is 320 g/mol. The summed E-state index contributed by atoms with van der Waals surface area (Å²) in [5.74, 6) is 1.29. The third kappa shape index (κ3) is 1.91. The van der Waals surface area contributed by atoms with Gasteiger partial charge in [0.25, 0.3) is 0 Å². The predicted molar refractivity (Wildman–Crippen MR) is 101 cm³/mol. The molecule has 1 aromatic heterocycles. The van der Waals surface area contributed by atoms with Crippen molar-refractivity contribution in [3.8, 4) is 0 Å². The minimum Gasteiger partial charge on any atom is -0.450 e. The van der Waals surface area contributed by atoms with Gasteiger partial charge in [0.05, 0.1) is 14.0 Å². The van der Waals surface area contributed by atoms with Gasteiger partial charge in [0.1, 0.15) is 5.58 Å². The molecule has 1 aliphatic rings. The molecule has 3 nitrogen and oxygen atoms in total. The van der Waals surface area contributed by atoms with Crippen LogP contribution in [0.2, 0.25) is 0 Å². The van der Waals surface area contributed by atoms with Crippen LogP contribution in [0, 0.1) is 6.92 Å². The highest BCUT2D eigenvalue weighted by molar-refractivity contribution is 6.11. The molecule has 3 aromatic rings. The Hall–Kier alpha value is -2.39. The van der Waals surface area contributed by atoms with Gasteiger partial charge in [-0.2, -0.15) is 4.48 Å². The Morgan fingerprint density at radius 1 is 1.00 bits per heavy atom. The van der Waals surface area contributed by atoms with Gasteiger partial charge in [0, 0.05) is 16.3 Å². The lowest BCUT2D eigenvalue weighted by Crippen LogP contribution is -2.45. The second kappa shape index (κ2) is 5.05. The average Bonchev–Trinajstić information content (AvgIpc) is 3.06. The molecule has 1 aliphatic heterocycles. The topological polar surface area (TPSA) is 16.1 Å². The fraction of sp³-hybridized carbons (Fsp3) is 0.286. The maximum Gasteiger partial charge on any atom is 0.350 e. The van der Waals surface area contributed by atoms with E-state index in [4.69, 9.17) is 4.42 Å².